The Balaban J connectivity index is 2.34. The quantitative estimate of drug-likeness (QED) is 0.436. The molecule has 0 bridgehead atoms. The lowest BCUT2D eigenvalue weighted by Gasteiger charge is -2.28. The van der Waals surface area contributed by atoms with Crippen molar-refractivity contribution in [2.75, 3.05) is 13.1 Å². The van der Waals surface area contributed by atoms with Crippen molar-refractivity contribution in [2.24, 2.45) is 5.92 Å². The standard InChI is InChI=1S/C12H17N3O5/c1-7(11-12(20)14-6-9(17)15-11)4-5-13-8(16)2-3-10(18)19/h2-3,7,11H,4-6H2,1H3,(H,13,16)(H,14,20)(H,15,17)(H,18,19)/b3-2+. The molecule has 0 saturated carbocycles. The number of aliphatic carboxylic acids is 1. The molecule has 1 fully saturated rings. The summed E-state index contributed by atoms with van der Waals surface area (Å²) in [5.74, 6) is -2.35. The van der Waals surface area contributed by atoms with Crippen LogP contribution >= 0.6 is 0 Å². The molecule has 0 aromatic carbocycles. The van der Waals surface area contributed by atoms with E-state index < -0.39 is 17.9 Å². The lowest BCUT2D eigenvalue weighted by molar-refractivity contribution is -0.135. The number of carbonyl (C=O) groups excluding carboxylic acids is 3. The smallest absolute Gasteiger partial charge is 0.328 e. The Morgan fingerprint density at radius 3 is 2.80 bits per heavy atom. The zero-order valence-corrected chi connectivity index (χ0v) is 11.0. The number of carboxylic acid groups (broad SMARTS) is 1. The number of hydrogen-bond donors (Lipinski definition) is 4. The Hall–Kier alpha value is -2.38. The van der Waals surface area contributed by atoms with E-state index >= 15 is 0 Å². The van der Waals surface area contributed by atoms with Crippen molar-refractivity contribution in [3.05, 3.63) is 12.2 Å². The fraction of sp³-hybridized carbons (Fsp3) is 0.500. The fourth-order valence-electron chi connectivity index (χ4n) is 1.76. The molecule has 8 heteroatoms. The first-order chi connectivity index (χ1) is 9.40. The van der Waals surface area contributed by atoms with Gasteiger partial charge in [-0.1, -0.05) is 6.92 Å². The van der Waals surface area contributed by atoms with Crippen LogP contribution in [0.2, 0.25) is 0 Å². The van der Waals surface area contributed by atoms with Crippen molar-refractivity contribution in [3.8, 4) is 0 Å². The van der Waals surface area contributed by atoms with E-state index in [0.29, 0.717) is 6.42 Å². The van der Waals surface area contributed by atoms with Crippen molar-refractivity contribution >= 4 is 23.7 Å². The number of rotatable bonds is 6. The second-order valence-corrected chi connectivity index (χ2v) is 4.49. The topological polar surface area (TPSA) is 125 Å². The van der Waals surface area contributed by atoms with Crippen LogP contribution in [0.25, 0.3) is 0 Å². The van der Waals surface area contributed by atoms with Gasteiger partial charge in [-0.3, -0.25) is 14.4 Å². The van der Waals surface area contributed by atoms with Gasteiger partial charge in [0.05, 0.1) is 6.54 Å². The van der Waals surface area contributed by atoms with Crippen LogP contribution in [0.3, 0.4) is 0 Å². The molecule has 20 heavy (non-hydrogen) atoms. The van der Waals surface area contributed by atoms with Crippen LogP contribution in [0.5, 0.6) is 0 Å². The number of hydrogen-bond acceptors (Lipinski definition) is 4. The third-order valence-corrected chi connectivity index (χ3v) is 2.87. The minimum atomic E-state index is -1.20. The van der Waals surface area contributed by atoms with E-state index in [4.69, 9.17) is 5.11 Å². The molecule has 1 heterocycles. The Morgan fingerprint density at radius 1 is 1.45 bits per heavy atom. The lowest BCUT2D eigenvalue weighted by atomic mass is 9.96. The predicted molar refractivity (Wildman–Crippen MR) is 68.5 cm³/mol. The van der Waals surface area contributed by atoms with Crippen LogP contribution in [0.4, 0.5) is 0 Å². The molecule has 0 aliphatic carbocycles. The van der Waals surface area contributed by atoms with Gasteiger partial charge >= 0.3 is 5.97 Å². The molecule has 1 saturated heterocycles. The third kappa shape index (κ3) is 5.09. The van der Waals surface area contributed by atoms with Crippen molar-refractivity contribution in [1.82, 2.24) is 16.0 Å². The van der Waals surface area contributed by atoms with E-state index in [1.807, 2.05) is 0 Å². The van der Waals surface area contributed by atoms with Crippen molar-refractivity contribution in [3.63, 3.8) is 0 Å². The van der Waals surface area contributed by atoms with Gasteiger partial charge in [-0.2, -0.15) is 0 Å². The first kappa shape index (κ1) is 15.7. The molecule has 110 valence electrons. The van der Waals surface area contributed by atoms with Crippen LogP contribution in [-0.2, 0) is 19.2 Å². The molecule has 4 N–H and O–H groups in total. The lowest BCUT2D eigenvalue weighted by Crippen LogP contribution is -2.58. The maximum absolute atomic E-state index is 11.6. The number of carbonyl (C=O) groups is 4. The summed E-state index contributed by atoms with van der Waals surface area (Å²) in [6, 6.07) is -0.609. The number of nitrogens with one attached hydrogen (secondary N) is 3. The molecule has 0 spiro atoms. The van der Waals surface area contributed by atoms with Crippen LogP contribution in [0, 0.1) is 5.92 Å². The summed E-state index contributed by atoms with van der Waals surface area (Å²) >= 11 is 0. The molecular formula is C12H17N3O5. The highest BCUT2D eigenvalue weighted by atomic mass is 16.4. The zero-order chi connectivity index (χ0) is 15.1. The van der Waals surface area contributed by atoms with Gasteiger partial charge in [-0.05, 0) is 12.3 Å². The normalized spacial score (nSPS) is 20.1. The van der Waals surface area contributed by atoms with Gasteiger partial charge in [0, 0.05) is 18.7 Å². The Bertz CT molecular complexity index is 446. The van der Waals surface area contributed by atoms with E-state index in [1.54, 1.807) is 6.92 Å². The number of piperazine rings is 1. The van der Waals surface area contributed by atoms with Crippen LogP contribution in [0.15, 0.2) is 12.2 Å². The first-order valence-electron chi connectivity index (χ1n) is 6.16. The van der Waals surface area contributed by atoms with Crippen molar-refractivity contribution in [1.29, 1.82) is 0 Å². The van der Waals surface area contributed by atoms with Crippen molar-refractivity contribution in [2.45, 2.75) is 19.4 Å². The van der Waals surface area contributed by atoms with E-state index in [0.717, 1.165) is 12.2 Å². The molecule has 1 aliphatic rings. The van der Waals surface area contributed by atoms with E-state index in [1.165, 1.54) is 0 Å². The molecule has 3 amide bonds. The fourth-order valence-corrected chi connectivity index (χ4v) is 1.76. The minimum Gasteiger partial charge on any atom is -0.478 e. The van der Waals surface area contributed by atoms with Gasteiger partial charge in [0.15, 0.2) is 0 Å². The monoisotopic (exact) mass is 283 g/mol. The first-order valence-corrected chi connectivity index (χ1v) is 6.16. The van der Waals surface area contributed by atoms with E-state index in [2.05, 4.69) is 16.0 Å². The average molecular weight is 283 g/mol. The average Bonchev–Trinajstić information content (AvgIpc) is 2.39. The van der Waals surface area contributed by atoms with E-state index in [9.17, 15) is 19.2 Å². The molecule has 2 atom stereocenters. The molecule has 2 unspecified atom stereocenters. The number of amides is 3. The summed E-state index contributed by atoms with van der Waals surface area (Å²) in [4.78, 5) is 44.2. The molecule has 0 aromatic rings. The summed E-state index contributed by atoms with van der Waals surface area (Å²) in [5.41, 5.74) is 0. The molecule has 1 rings (SSSR count). The summed E-state index contributed by atoms with van der Waals surface area (Å²) in [6.45, 7) is 2.05. The van der Waals surface area contributed by atoms with Gasteiger partial charge in [-0.25, -0.2) is 4.79 Å². The highest BCUT2D eigenvalue weighted by Crippen LogP contribution is 2.09. The van der Waals surface area contributed by atoms with Gasteiger partial charge < -0.3 is 21.1 Å². The summed E-state index contributed by atoms with van der Waals surface area (Å²) in [5, 5.41) is 15.9. The van der Waals surface area contributed by atoms with Crippen LogP contribution in [-0.4, -0.2) is 47.9 Å². The van der Waals surface area contributed by atoms with Crippen molar-refractivity contribution < 1.29 is 24.3 Å². The van der Waals surface area contributed by atoms with Crippen LogP contribution < -0.4 is 16.0 Å². The third-order valence-electron chi connectivity index (χ3n) is 2.87. The Morgan fingerprint density at radius 2 is 2.15 bits per heavy atom. The second kappa shape index (κ2) is 7.27. The molecule has 0 radical (unpaired) electrons. The molecule has 1 aliphatic heterocycles. The summed E-state index contributed by atoms with van der Waals surface area (Å²) in [6.07, 6.45) is 2.14. The van der Waals surface area contributed by atoms with Gasteiger partial charge in [0.2, 0.25) is 17.7 Å². The minimum absolute atomic E-state index is 0.0151. The maximum atomic E-state index is 11.6. The zero-order valence-electron chi connectivity index (χ0n) is 11.0. The largest absolute Gasteiger partial charge is 0.478 e. The van der Waals surface area contributed by atoms with Gasteiger partial charge in [0.25, 0.3) is 0 Å². The molecule has 8 nitrogen and oxygen atoms in total. The Kier molecular flexibility index (Phi) is 5.70. The highest BCUT2D eigenvalue weighted by molar-refractivity contribution is 5.95. The van der Waals surface area contributed by atoms with Gasteiger partial charge in [-0.15, -0.1) is 0 Å². The van der Waals surface area contributed by atoms with Gasteiger partial charge in [0.1, 0.15) is 6.04 Å². The Labute approximate surface area is 115 Å². The van der Waals surface area contributed by atoms with Crippen LogP contribution in [0.1, 0.15) is 13.3 Å². The highest BCUT2D eigenvalue weighted by Gasteiger charge is 2.30. The second-order valence-electron chi connectivity index (χ2n) is 4.49. The summed E-state index contributed by atoms with van der Waals surface area (Å²) in [7, 11) is 0. The number of carboxylic acids is 1. The maximum Gasteiger partial charge on any atom is 0.328 e. The molecule has 0 aromatic heterocycles. The summed E-state index contributed by atoms with van der Waals surface area (Å²) < 4.78 is 0. The predicted octanol–water partition coefficient (Wildman–Crippen LogP) is -1.62. The van der Waals surface area contributed by atoms with E-state index in [-0.39, 0.29) is 30.8 Å². The SMILES string of the molecule is CC(CCNC(=O)/C=C/C(=O)O)C1NC(=O)CNC1=O. The molecular weight excluding hydrogens is 266 g/mol.